The number of nitrogens with two attached hydrogens (primary N) is 1. The van der Waals surface area contributed by atoms with E-state index in [1.165, 1.54) is 17.6 Å². The van der Waals surface area contributed by atoms with Crippen LogP contribution >= 0.6 is 0 Å². The van der Waals surface area contributed by atoms with Crippen molar-refractivity contribution in [1.29, 1.82) is 0 Å². The lowest BCUT2D eigenvalue weighted by atomic mass is 10.1. The molecule has 0 amide bonds. The van der Waals surface area contributed by atoms with Crippen LogP contribution in [0.1, 0.15) is 30.1 Å². The third-order valence-corrected chi connectivity index (χ3v) is 4.73. The van der Waals surface area contributed by atoms with Crippen molar-refractivity contribution in [2.24, 2.45) is 0 Å². The SMILES string of the molecule is CNCCCCn1nc(C2Cc3ccccc3N2)c2c(N)ncnc21. The highest BCUT2D eigenvalue weighted by atomic mass is 15.3. The maximum absolute atomic E-state index is 6.18. The first-order valence-corrected chi connectivity index (χ1v) is 8.74. The van der Waals surface area contributed by atoms with Crippen LogP contribution in [0.4, 0.5) is 11.5 Å². The second-order valence-electron chi connectivity index (χ2n) is 6.43. The standard InChI is InChI=1S/C18H23N7/c1-20-8-4-5-9-25-18-15(17(19)21-11-22-18)16(24-25)14-10-12-6-2-3-7-13(12)23-14/h2-3,6-7,11,14,20,23H,4-5,8-10H2,1H3,(H2,19,21,22). The molecule has 0 aliphatic carbocycles. The van der Waals surface area contributed by atoms with Crippen LogP contribution in [0, 0.1) is 0 Å². The normalized spacial score (nSPS) is 16.1. The van der Waals surface area contributed by atoms with Gasteiger partial charge in [0.2, 0.25) is 0 Å². The Hall–Kier alpha value is -2.67. The molecule has 0 saturated carbocycles. The maximum atomic E-state index is 6.18. The Balaban J connectivity index is 1.67. The molecule has 7 nitrogen and oxygen atoms in total. The van der Waals surface area contributed by atoms with Gasteiger partial charge in [-0.05, 0) is 38.1 Å². The molecule has 0 fully saturated rings. The van der Waals surface area contributed by atoms with E-state index >= 15 is 0 Å². The van der Waals surface area contributed by atoms with Gasteiger partial charge in [-0.1, -0.05) is 18.2 Å². The molecule has 0 bridgehead atoms. The van der Waals surface area contributed by atoms with Gasteiger partial charge in [0.1, 0.15) is 12.1 Å². The summed E-state index contributed by atoms with van der Waals surface area (Å²) in [5, 5.41) is 12.5. The molecule has 0 radical (unpaired) electrons. The number of aryl methyl sites for hydroxylation is 1. The van der Waals surface area contributed by atoms with Gasteiger partial charge in [-0.2, -0.15) is 5.10 Å². The number of anilines is 2. The third kappa shape index (κ3) is 2.91. The van der Waals surface area contributed by atoms with Crippen molar-refractivity contribution in [3.8, 4) is 0 Å². The predicted octanol–water partition coefficient (Wildman–Crippen LogP) is 2.12. The smallest absolute Gasteiger partial charge is 0.163 e. The van der Waals surface area contributed by atoms with Gasteiger partial charge in [0.25, 0.3) is 0 Å². The predicted molar refractivity (Wildman–Crippen MR) is 99.4 cm³/mol. The number of hydrogen-bond acceptors (Lipinski definition) is 6. The molecule has 4 N–H and O–H groups in total. The van der Waals surface area contributed by atoms with Gasteiger partial charge in [0.15, 0.2) is 5.65 Å². The highest BCUT2D eigenvalue weighted by molar-refractivity contribution is 5.89. The maximum Gasteiger partial charge on any atom is 0.163 e. The number of unbranched alkanes of at least 4 members (excludes halogenated alkanes) is 1. The summed E-state index contributed by atoms with van der Waals surface area (Å²) < 4.78 is 1.98. The summed E-state index contributed by atoms with van der Waals surface area (Å²) in [5.74, 6) is 0.499. The van der Waals surface area contributed by atoms with E-state index in [4.69, 9.17) is 10.8 Å². The molecular weight excluding hydrogens is 314 g/mol. The van der Waals surface area contributed by atoms with Gasteiger partial charge in [-0.15, -0.1) is 0 Å². The van der Waals surface area contributed by atoms with Crippen molar-refractivity contribution in [3.05, 3.63) is 41.9 Å². The molecule has 0 spiro atoms. The van der Waals surface area contributed by atoms with Crippen LogP contribution in [0.5, 0.6) is 0 Å². The first kappa shape index (κ1) is 15.8. The zero-order valence-corrected chi connectivity index (χ0v) is 14.4. The molecule has 2 aromatic heterocycles. The summed E-state index contributed by atoms with van der Waals surface area (Å²) >= 11 is 0. The summed E-state index contributed by atoms with van der Waals surface area (Å²) in [6, 6.07) is 8.47. The van der Waals surface area contributed by atoms with Crippen LogP contribution < -0.4 is 16.4 Å². The Bertz CT molecular complexity index is 861. The fourth-order valence-electron chi connectivity index (χ4n) is 3.48. The molecular formula is C18H23N7. The average molecular weight is 337 g/mol. The Kier molecular flexibility index (Phi) is 4.23. The van der Waals surface area contributed by atoms with Gasteiger partial charge in [-0.25, -0.2) is 14.6 Å². The van der Waals surface area contributed by atoms with E-state index in [-0.39, 0.29) is 6.04 Å². The molecule has 1 atom stereocenters. The van der Waals surface area contributed by atoms with Crippen LogP contribution in [0.25, 0.3) is 11.0 Å². The van der Waals surface area contributed by atoms with E-state index in [0.717, 1.165) is 49.1 Å². The first-order valence-electron chi connectivity index (χ1n) is 8.74. The Morgan fingerprint density at radius 3 is 3.00 bits per heavy atom. The fraction of sp³-hybridized carbons (Fsp3) is 0.389. The van der Waals surface area contributed by atoms with E-state index in [9.17, 15) is 0 Å². The molecule has 1 aliphatic rings. The molecule has 1 unspecified atom stereocenters. The van der Waals surface area contributed by atoms with E-state index in [1.807, 2.05) is 17.8 Å². The summed E-state index contributed by atoms with van der Waals surface area (Å²) in [4.78, 5) is 8.64. The van der Waals surface area contributed by atoms with Gasteiger partial charge in [-0.3, -0.25) is 0 Å². The first-order chi connectivity index (χ1) is 12.3. The molecule has 7 heteroatoms. The number of aromatic nitrogens is 4. The van der Waals surface area contributed by atoms with Gasteiger partial charge >= 0.3 is 0 Å². The van der Waals surface area contributed by atoms with Crippen LogP contribution in [0.3, 0.4) is 0 Å². The monoisotopic (exact) mass is 337 g/mol. The van der Waals surface area contributed by atoms with Crippen molar-refractivity contribution in [1.82, 2.24) is 25.1 Å². The number of nitrogens with one attached hydrogen (secondary N) is 2. The highest BCUT2D eigenvalue weighted by Crippen LogP contribution is 2.37. The molecule has 3 aromatic rings. The van der Waals surface area contributed by atoms with Crippen LogP contribution in [0.2, 0.25) is 0 Å². The van der Waals surface area contributed by atoms with Crippen molar-refractivity contribution >= 4 is 22.5 Å². The van der Waals surface area contributed by atoms with Gasteiger partial charge in [0, 0.05) is 18.7 Å². The number of fused-ring (bicyclic) bond motifs is 2. The van der Waals surface area contributed by atoms with Gasteiger partial charge < -0.3 is 16.4 Å². The minimum absolute atomic E-state index is 0.103. The Morgan fingerprint density at radius 1 is 1.28 bits per heavy atom. The molecule has 25 heavy (non-hydrogen) atoms. The van der Waals surface area contributed by atoms with Crippen LogP contribution in [-0.2, 0) is 13.0 Å². The number of benzene rings is 1. The lowest BCUT2D eigenvalue weighted by Crippen LogP contribution is -2.10. The van der Waals surface area contributed by atoms with Crippen molar-refractivity contribution in [3.63, 3.8) is 0 Å². The molecule has 3 heterocycles. The van der Waals surface area contributed by atoms with Gasteiger partial charge in [0.05, 0.1) is 17.1 Å². The Morgan fingerprint density at radius 2 is 2.16 bits per heavy atom. The van der Waals surface area contributed by atoms with Crippen LogP contribution in [-0.4, -0.2) is 33.3 Å². The average Bonchev–Trinajstić information content (AvgIpc) is 3.21. The lowest BCUT2D eigenvalue weighted by Gasteiger charge is -2.09. The third-order valence-electron chi connectivity index (χ3n) is 4.73. The number of nitrogen functional groups attached to an aromatic ring is 1. The quantitative estimate of drug-likeness (QED) is 0.597. The zero-order chi connectivity index (χ0) is 17.2. The van der Waals surface area contributed by atoms with E-state index in [0.29, 0.717) is 5.82 Å². The summed E-state index contributed by atoms with van der Waals surface area (Å²) in [6.45, 7) is 1.83. The Labute approximate surface area is 146 Å². The van der Waals surface area contributed by atoms with Crippen molar-refractivity contribution < 1.29 is 0 Å². The minimum Gasteiger partial charge on any atom is -0.383 e. The highest BCUT2D eigenvalue weighted by Gasteiger charge is 2.28. The fourth-order valence-corrected chi connectivity index (χ4v) is 3.48. The molecule has 4 rings (SSSR count). The summed E-state index contributed by atoms with van der Waals surface area (Å²) in [6.07, 6.45) is 4.56. The van der Waals surface area contributed by atoms with Crippen LogP contribution in [0.15, 0.2) is 30.6 Å². The minimum atomic E-state index is 0.103. The van der Waals surface area contributed by atoms with E-state index < -0.39 is 0 Å². The second kappa shape index (κ2) is 6.68. The lowest BCUT2D eigenvalue weighted by molar-refractivity contribution is 0.548. The number of rotatable bonds is 6. The zero-order valence-electron chi connectivity index (χ0n) is 14.4. The second-order valence-corrected chi connectivity index (χ2v) is 6.43. The molecule has 1 aromatic carbocycles. The summed E-state index contributed by atoms with van der Waals surface area (Å²) in [7, 11) is 1.97. The van der Waals surface area contributed by atoms with E-state index in [1.54, 1.807) is 0 Å². The summed E-state index contributed by atoms with van der Waals surface area (Å²) in [5.41, 5.74) is 10.4. The van der Waals surface area contributed by atoms with E-state index in [2.05, 4.69) is 38.8 Å². The molecule has 130 valence electrons. The number of nitrogens with zero attached hydrogens (tertiary/aromatic N) is 4. The molecule has 1 aliphatic heterocycles. The number of para-hydroxylation sites is 1. The van der Waals surface area contributed by atoms with Crippen molar-refractivity contribution in [2.75, 3.05) is 24.6 Å². The number of hydrogen-bond donors (Lipinski definition) is 3. The van der Waals surface area contributed by atoms with Crippen molar-refractivity contribution in [2.45, 2.75) is 31.8 Å². The molecule has 0 saturated heterocycles. The largest absolute Gasteiger partial charge is 0.383 e. The topological polar surface area (TPSA) is 93.7 Å².